The zero-order chi connectivity index (χ0) is 21.4. The van der Waals surface area contributed by atoms with Gasteiger partial charge in [-0.15, -0.1) is 0 Å². The molecule has 3 aromatic rings. The average molecular weight is 407 g/mol. The number of aromatic nitrogens is 1. The molecule has 1 aliphatic heterocycles. The molecule has 152 valence electrons. The van der Waals surface area contributed by atoms with Crippen LogP contribution >= 0.6 is 0 Å². The van der Waals surface area contributed by atoms with E-state index in [1.54, 1.807) is 6.07 Å². The van der Waals surface area contributed by atoms with E-state index in [1.807, 2.05) is 42.5 Å². The smallest absolute Gasteiger partial charge is 0.356 e. The number of benzene rings is 2. The molecule has 1 aromatic heterocycles. The number of aromatic hydroxyl groups is 1. The van der Waals surface area contributed by atoms with Crippen LogP contribution in [0.1, 0.15) is 43.5 Å². The monoisotopic (exact) mass is 407 g/mol. The van der Waals surface area contributed by atoms with E-state index in [-0.39, 0.29) is 6.54 Å². The van der Waals surface area contributed by atoms with Gasteiger partial charge in [0.15, 0.2) is 11.4 Å². The van der Waals surface area contributed by atoms with Crippen LogP contribution in [0.2, 0.25) is 0 Å². The minimum Gasteiger partial charge on any atom is -0.502 e. The third-order valence-electron chi connectivity index (χ3n) is 5.18. The number of hydrogen-bond donors (Lipinski definition) is 3. The number of pyridine rings is 1. The van der Waals surface area contributed by atoms with E-state index in [0.717, 1.165) is 27.5 Å². The van der Waals surface area contributed by atoms with Crippen molar-refractivity contribution in [2.75, 3.05) is 0 Å². The van der Waals surface area contributed by atoms with E-state index in [1.165, 1.54) is 0 Å². The second kappa shape index (κ2) is 7.40. The number of para-hydroxylation sites is 1. The first-order valence-electron chi connectivity index (χ1n) is 9.11. The maximum Gasteiger partial charge on any atom is 0.356 e. The molecule has 8 heteroatoms. The number of nitrogens with zero attached hydrogens (tertiary/aromatic N) is 1. The van der Waals surface area contributed by atoms with Gasteiger partial charge >= 0.3 is 11.9 Å². The van der Waals surface area contributed by atoms with Crippen LogP contribution in [-0.2, 0) is 13.2 Å². The lowest BCUT2D eigenvalue weighted by Crippen LogP contribution is -2.25. The predicted octanol–water partition coefficient (Wildman–Crippen LogP) is 2.67. The molecular formula is C22H17NO7. The maximum absolute atomic E-state index is 12.1. The standard InChI is InChI=1S/C22H17NO7/c24-19-16(21(26)27)10-23(18(20(19)25)22(28)29)9-15-13-6-2-1-5-12(13)11-30-17-8-4-3-7-14(15)17/h1-8,10,15,25H,9,11H2,(H,26,27)(H,28,29). The van der Waals surface area contributed by atoms with Crippen LogP contribution in [0.15, 0.2) is 59.5 Å². The molecule has 0 radical (unpaired) electrons. The van der Waals surface area contributed by atoms with Gasteiger partial charge in [0.1, 0.15) is 17.9 Å². The summed E-state index contributed by atoms with van der Waals surface area (Å²) in [5, 5.41) is 29.1. The Kier molecular flexibility index (Phi) is 4.75. The van der Waals surface area contributed by atoms with Crippen molar-refractivity contribution in [2.24, 2.45) is 0 Å². The molecule has 1 atom stereocenters. The van der Waals surface area contributed by atoms with Crippen molar-refractivity contribution in [3.63, 3.8) is 0 Å². The number of aromatic carboxylic acids is 2. The van der Waals surface area contributed by atoms with Gasteiger partial charge in [-0.05, 0) is 17.2 Å². The molecule has 0 aliphatic carbocycles. The van der Waals surface area contributed by atoms with E-state index in [2.05, 4.69) is 0 Å². The van der Waals surface area contributed by atoms with Crippen molar-refractivity contribution in [1.29, 1.82) is 0 Å². The molecule has 1 unspecified atom stereocenters. The van der Waals surface area contributed by atoms with Crippen molar-refractivity contribution in [2.45, 2.75) is 19.1 Å². The van der Waals surface area contributed by atoms with Crippen LogP contribution in [0.25, 0.3) is 0 Å². The lowest BCUT2D eigenvalue weighted by molar-refractivity contribution is 0.0664. The van der Waals surface area contributed by atoms with Crippen LogP contribution < -0.4 is 10.2 Å². The average Bonchev–Trinajstić information content (AvgIpc) is 2.87. The molecule has 8 nitrogen and oxygen atoms in total. The van der Waals surface area contributed by atoms with Gasteiger partial charge in [-0.25, -0.2) is 9.59 Å². The van der Waals surface area contributed by atoms with E-state index < -0.39 is 40.3 Å². The number of carbonyl (C=O) groups is 2. The third kappa shape index (κ3) is 3.18. The molecule has 30 heavy (non-hydrogen) atoms. The summed E-state index contributed by atoms with van der Waals surface area (Å²) in [6, 6.07) is 14.8. The summed E-state index contributed by atoms with van der Waals surface area (Å²) < 4.78 is 7.01. The fourth-order valence-corrected chi connectivity index (χ4v) is 3.79. The fourth-order valence-electron chi connectivity index (χ4n) is 3.79. The Hall–Kier alpha value is -4.07. The summed E-state index contributed by atoms with van der Waals surface area (Å²) in [5.41, 5.74) is -0.0303. The minimum absolute atomic E-state index is 0.0207. The zero-order valence-electron chi connectivity index (χ0n) is 15.6. The van der Waals surface area contributed by atoms with E-state index in [9.17, 15) is 29.7 Å². The summed E-state index contributed by atoms with van der Waals surface area (Å²) in [7, 11) is 0. The summed E-state index contributed by atoms with van der Waals surface area (Å²) >= 11 is 0. The molecule has 0 spiro atoms. The Balaban J connectivity index is 1.94. The van der Waals surface area contributed by atoms with Crippen molar-refractivity contribution in [3.8, 4) is 11.5 Å². The second-order valence-corrected chi connectivity index (χ2v) is 6.91. The molecule has 1 aliphatic rings. The van der Waals surface area contributed by atoms with Crippen LogP contribution in [0, 0.1) is 0 Å². The van der Waals surface area contributed by atoms with Gasteiger partial charge in [-0.2, -0.15) is 0 Å². The predicted molar refractivity (Wildman–Crippen MR) is 105 cm³/mol. The van der Waals surface area contributed by atoms with Crippen molar-refractivity contribution in [1.82, 2.24) is 4.57 Å². The third-order valence-corrected chi connectivity index (χ3v) is 5.18. The molecule has 4 rings (SSSR count). The molecule has 0 amide bonds. The molecular weight excluding hydrogens is 390 g/mol. The first kappa shape index (κ1) is 19.3. The van der Waals surface area contributed by atoms with E-state index in [4.69, 9.17) is 4.74 Å². The molecule has 2 heterocycles. The number of hydrogen-bond acceptors (Lipinski definition) is 5. The highest BCUT2D eigenvalue weighted by Gasteiger charge is 2.29. The highest BCUT2D eigenvalue weighted by Crippen LogP contribution is 2.38. The van der Waals surface area contributed by atoms with Gasteiger partial charge in [0.25, 0.3) is 0 Å². The molecule has 0 fully saturated rings. The molecule has 0 saturated carbocycles. The SMILES string of the molecule is O=C(O)c1cn(CC2c3ccccc3COc3ccccc32)c(C(=O)O)c(O)c1=O. The highest BCUT2D eigenvalue weighted by atomic mass is 16.5. The van der Waals surface area contributed by atoms with Crippen LogP contribution in [-0.4, -0.2) is 31.8 Å². The zero-order valence-corrected chi connectivity index (χ0v) is 15.6. The number of carboxylic acids is 2. The molecule has 0 saturated heterocycles. The maximum atomic E-state index is 12.1. The first-order valence-corrected chi connectivity index (χ1v) is 9.11. The van der Waals surface area contributed by atoms with Gasteiger partial charge < -0.3 is 24.6 Å². The van der Waals surface area contributed by atoms with E-state index >= 15 is 0 Å². The summed E-state index contributed by atoms with van der Waals surface area (Å²) in [6.07, 6.45) is 0.963. The van der Waals surface area contributed by atoms with Crippen molar-refractivity contribution < 1.29 is 29.6 Å². The molecule has 2 aromatic carbocycles. The highest BCUT2D eigenvalue weighted by molar-refractivity contribution is 5.92. The summed E-state index contributed by atoms with van der Waals surface area (Å²) in [6.45, 7) is 0.304. The lowest BCUT2D eigenvalue weighted by Gasteiger charge is -2.22. The Morgan fingerprint density at radius 2 is 1.67 bits per heavy atom. The Bertz CT molecular complexity index is 1180. The minimum atomic E-state index is -1.55. The number of ether oxygens (including phenoxy) is 1. The Labute approximate surface area is 170 Å². The Morgan fingerprint density at radius 3 is 2.37 bits per heavy atom. The van der Waals surface area contributed by atoms with Crippen LogP contribution in [0.5, 0.6) is 11.5 Å². The number of fused-ring (bicyclic) bond motifs is 2. The van der Waals surface area contributed by atoms with Crippen molar-refractivity contribution >= 4 is 11.9 Å². The fraction of sp³-hybridized carbons (Fsp3) is 0.136. The number of carboxylic acid groups (broad SMARTS) is 2. The second-order valence-electron chi connectivity index (χ2n) is 6.91. The lowest BCUT2D eigenvalue weighted by atomic mass is 9.88. The topological polar surface area (TPSA) is 126 Å². The van der Waals surface area contributed by atoms with Crippen molar-refractivity contribution in [3.05, 3.63) is 92.9 Å². The van der Waals surface area contributed by atoms with Gasteiger partial charge in [0, 0.05) is 24.2 Å². The van der Waals surface area contributed by atoms with Gasteiger partial charge in [-0.1, -0.05) is 42.5 Å². The van der Waals surface area contributed by atoms with Gasteiger partial charge in [0.05, 0.1) is 0 Å². The quantitative estimate of drug-likeness (QED) is 0.607. The Morgan fingerprint density at radius 1 is 1.00 bits per heavy atom. The van der Waals surface area contributed by atoms with Gasteiger partial charge in [0.2, 0.25) is 5.43 Å². The van der Waals surface area contributed by atoms with E-state index in [0.29, 0.717) is 12.4 Å². The van der Waals surface area contributed by atoms with Crippen LogP contribution in [0.3, 0.4) is 0 Å². The largest absolute Gasteiger partial charge is 0.502 e. The van der Waals surface area contributed by atoms with Crippen LogP contribution in [0.4, 0.5) is 0 Å². The number of rotatable bonds is 4. The molecule has 3 N–H and O–H groups in total. The summed E-state index contributed by atoms with van der Waals surface area (Å²) in [4.78, 5) is 35.3. The van der Waals surface area contributed by atoms with Gasteiger partial charge in [-0.3, -0.25) is 4.79 Å². The normalized spacial score (nSPS) is 14.7. The summed E-state index contributed by atoms with van der Waals surface area (Å²) in [5.74, 6) is -3.96. The first-order chi connectivity index (χ1) is 14.4. The molecule has 0 bridgehead atoms.